The molecule has 1 aliphatic rings. The van der Waals surface area contributed by atoms with Crippen molar-refractivity contribution in [2.24, 2.45) is 0 Å². The van der Waals surface area contributed by atoms with Gasteiger partial charge in [-0.05, 0) is 42.1 Å². The van der Waals surface area contributed by atoms with Gasteiger partial charge in [0.15, 0.2) is 0 Å². The van der Waals surface area contributed by atoms with Gasteiger partial charge in [0, 0.05) is 24.1 Å². The molecule has 0 saturated carbocycles. The zero-order chi connectivity index (χ0) is 19.6. The number of thiophene rings is 1. The molecule has 0 spiro atoms. The highest BCUT2D eigenvalue weighted by atomic mass is 32.1. The molecule has 6 nitrogen and oxygen atoms in total. The smallest absolute Gasteiger partial charge is 0.295 e. The maximum Gasteiger partial charge on any atom is 0.295 e. The molecular weight excluding hydrogens is 366 g/mol. The number of aryl methyl sites for hydroxylation is 1. The number of nitrogens with zero attached hydrogens (tertiary/aromatic N) is 1. The third-order valence-electron chi connectivity index (χ3n) is 4.56. The van der Waals surface area contributed by atoms with Crippen LogP contribution in [0.5, 0.6) is 5.75 Å². The molecule has 0 unspecified atom stereocenters. The number of hydrogen-bond acceptors (Lipinski definition) is 6. The lowest BCUT2D eigenvalue weighted by Crippen LogP contribution is -2.32. The molecule has 2 heterocycles. The molecule has 1 aromatic heterocycles. The molecule has 142 valence electrons. The number of likely N-dealkylation sites (tertiary alicyclic amines) is 1. The summed E-state index contributed by atoms with van der Waals surface area (Å²) in [6.07, 6.45) is 0. The Labute approximate surface area is 161 Å². The van der Waals surface area contributed by atoms with Gasteiger partial charge in [0.1, 0.15) is 11.5 Å². The van der Waals surface area contributed by atoms with Gasteiger partial charge in [-0.25, -0.2) is 0 Å². The van der Waals surface area contributed by atoms with Crippen molar-refractivity contribution in [3.05, 3.63) is 57.3 Å². The fourth-order valence-corrected chi connectivity index (χ4v) is 4.07. The van der Waals surface area contributed by atoms with E-state index >= 15 is 0 Å². The van der Waals surface area contributed by atoms with Crippen molar-refractivity contribution in [1.82, 2.24) is 4.90 Å². The minimum atomic E-state index is -0.685. The number of methoxy groups -OCH3 is 2. The molecule has 1 aliphatic heterocycles. The summed E-state index contributed by atoms with van der Waals surface area (Å²) < 4.78 is 10.3. The first-order valence-electron chi connectivity index (χ1n) is 8.45. The second kappa shape index (κ2) is 7.94. The van der Waals surface area contributed by atoms with Crippen molar-refractivity contribution in [1.29, 1.82) is 0 Å². The number of ketones is 1. The first kappa shape index (κ1) is 19.1. The van der Waals surface area contributed by atoms with Crippen LogP contribution in [-0.2, 0) is 14.3 Å². The van der Waals surface area contributed by atoms with Crippen LogP contribution in [0.15, 0.2) is 41.3 Å². The number of aliphatic hydroxyl groups is 1. The number of benzene rings is 1. The minimum absolute atomic E-state index is 0.100. The van der Waals surface area contributed by atoms with E-state index in [0.29, 0.717) is 17.9 Å². The maximum absolute atomic E-state index is 12.7. The second-order valence-electron chi connectivity index (χ2n) is 6.19. The highest BCUT2D eigenvalue weighted by Gasteiger charge is 2.46. The van der Waals surface area contributed by atoms with Crippen LogP contribution in [0.3, 0.4) is 0 Å². The summed E-state index contributed by atoms with van der Waals surface area (Å²) in [4.78, 5) is 27.6. The molecule has 0 radical (unpaired) electrons. The number of Topliss-reactive ketones (excluding diaryl/α,β-unsaturated/α-hetero) is 1. The number of aliphatic hydroxyl groups excluding tert-OH is 1. The summed E-state index contributed by atoms with van der Waals surface area (Å²) in [6, 6.07) is 8.23. The predicted octanol–water partition coefficient (Wildman–Crippen LogP) is 3.13. The summed E-state index contributed by atoms with van der Waals surface area (Å²) in [6.45, 7) is 2.42. The largest absolute Gasteiger partial charge is 0.507 e. The van der Waals surface area contributed by atoms with Crippen molar-refractivity contribution in [3.8, 4) is 5.75 Å². The number of hydrogen-bond donors (Lipinski definition) is 1. The molecule has 2 aromatic rings. The van der Waals surface area contributed by atoms with Crippen molar-refractivity contribution in [2.75, 3.05) is 27.4 Å². The Balaban J connectivity index is 2.12. The van der Waals surface area contributed by atoms with Gasteiger partial charge in [-0.3, -0.25) is 9.59 Å². The summed E-state index contributed by atoms with van der Waals surface area (Å²) in [7, 11) is 3.11. The third-order valence-corrected chi connectivity index (χ3v) is 5.48. The van der Waals surface area contributed by atoms with Crippen molar-refractivity contribution in [3.63, 3.8) is 0 Å². The van der Waals surface area contributed by atoms with E-state index in [0.717, 1.165) is 10.4 Å². The van der Waals surface area contributed by atoms with Crippen LogP contribution in [0.1, 0.15) is 22.0 Å². The van der Waals surface area contributed by atoms with Gasteiger partial charge < -0.3 is 19.5 Å². The molecular formula is C20H21NO5S. The number of ether oxygens (including phenoxy) is 2. The second-order valence-corrected chi connectivity index (χ2v) is 7.16. The average molecular weight is 387 g/mol. The predicted molar refractivity (Wildman–Crippen MR) is 103 cm³/mol. The SMILES string of the molecule is COCCN1C(=O)C(=O)/C(=C(/O)c2ccc(OC)c(C)c2)[C@H]1c1cccs1. The van der Waals surface area contributed by atoms with Crippen LogP contribution in [0.25, 0.3) is 5.76 Å². The maximum atomic E-state index is 12.7. The van der Waals surface area contributed by atoms with Gasteiger partial charge >= 0.3 is 0 Å². The van der Waals surface area contributed by atoms with Gasteiger partial charge in [-0.2, -0.15) is 0 Å². The van der Waals surface area contributed by atoms with E-state index in [-0.39, 0.29) is 17.9 Å². The van der Waals surface area contributed by atoms with Gasteiger partial charge in [-0.1, -0.05) is 6.07 Å². The number of carbonyl (C=O) groups excluding carboxylic acids is 2. The Kier molecular flexibility index (Phi) is 5.62. The molecule has 0 aliphatic carbocycles. The Bertz CT molecular complexity index is 888. The van der Waals surface area contributed by atoms with E-state index in [9.17, 15) is 14.7 Å². The standard InChI is InChI=1S/C20H21NO5S/c1-12-11-13(6-7-14(12)26-3)18(22)16-17(15-5-4-10-27-15)21(8-9-25-2)20(24)19(16)23/h4-7,10-11,17,22H,8-9H2,1-3H3/b18-16+/t17-/m1/s1. The van der Waals surface area contributed by atoms with Gasteiger partial charge in [-0.15, -0.1) is 11.3 Å². The molecule has 1 saturated heterocycles. The summed E-state index contributed by atoms with van der Waals surface area (Å²) >= 11 is 1.43. The Morgan fingerprint density at radius 2 is 2.04 bits per heavy atom. The quantitative estimate of drug-likeness (QED) is 0.468. The summed E-state index contributed by atoms with van der Waals surface area (Å²) in [5.74, 6) is -0.813. The highest BCUT2D eigenvalue weighted by Crippen LogP contribution is 2.41. The number of amides is 1. The van der Waals surface area contributed by atoms with Crippen LogP contribution in [-0.4, -0.2) is 49.1 Å². The van der Waals surface area contributed by atoms with E-state index < -0.39 is 17.7 Å². The average Bonchev–Trinajstić information content (AvgIpc) is 3.27. The van der Waals surface area contributed by atoms with Crippen LogP contribution < -0.4 is 4.74 Å². The van der Waals surface area contributed by atoms with Crippen LogP contribution in [0.4, 0.5) is 0 Å². The topological polar surface area (TPSA) is 76.1 Å². The van der Waals surface area contributed by atoms with E-state index in [2.05, 4.69) is 0 Å². The Hall–Kier alpha value is -2.64. The van der Waals surface area contributed by atoms with Crippen LogP contribution in [0, 0.1) is 6.92 Å². The molecule has 0 bridgehead atoms. The molecule has 1 amide bonds. The van der Waals surface area contributed by atoms with Gasteiger partial charge in [0.25, 0.3) is 11.7 Å². The molecule has 27 heavy (non-hydrogen) atoms. The lowest BCUT2D eigenvalue weighted by molar-refractivity contribution is -0.140. The van der Waals surface area contributed by atoms with Gasteiger partial charge in [0.05, 0.1) is 25.3 Å². The molecule has 1 aromatic carbocycles. The first-order valence-corrected chi connectivity index (χ1v) is 9.33. The van der Waals surface area contributed by atoms with E-state index in [1.54, 1.807) is 25.3 Å². The van der Waals surface area contributed by atoms with E-state index in [4.69, 9.17) is 9.47 Å². The fourth-order valence-electron chi connectivity index (χ4n) is 3.22. The highest BCUT2D eigenvalue weighted by molar-refractivity contribution is 7.10. The fraction of sp³-hybridized carbons (Fsp3) is 0.300. The Morgan fingerprint density at radius 3 is 2.63 bits per heavy atom. The monoisotopic (exact) mass is 387 g/mol. The first-order chi connectivity index (χ1) is 13.0. The lowest BCUT2D eigenvalue weighted by atomic mass is 9.99. The molecule has 1 atom stereocenters. The molecule has 3 rings (SSSR count). The zero-order valence-electron chi connectivity index (χ0n) is 15.4. The van der Waals surface area contributed by atoms with Crippen LogP contribution >= 0.6 is 11.3 Å². The number of carbonyl (C=O) groups is 2. The van der Waals surface area contributed by atoms with Crippen molar-refractivity contribution >= 4 is 28.8 Å². The molecule has 1 fully saturated rings. The van der Waals surface area contributed by atoms with Crippen molar-refractivity contribution in [2.45, 2.75) is 13.0 Å². The molecule has 1 N–H and O–H groups in total. The summed E-state index contributed by atoms with van der Waals surface area (Å²) in [5, 5.41) is 12.8. The van der Waals surface area contributed by atoms with E-state index in [1.807, 2.05) is 24.4 Å². The third kappa shape index (κ3) is 3.48. The normalized spacial score (nSPS) is 18.9. The summed E-state index contributed by atoms with van der Waals surface area (Å²) in [5.41, 5.74) is 1.39. The van der Waals surface area contributed by atoms with E-state index in [1.165, 1.54) is 23.3 Å². The Morgan fingerprint density at radius 1 is 1.26 bits per heavy atom. The number of rotatable bonds is 6. The van der Waals surface area contributed by atoms with Gasteiger partial charge in [0.2, 0.25) is 0 Å². The van der Waals surface area contributed by atoms with Crippen LogP contribution in [0.2, 0.25) is 0 Å². The van der Waals surface area contributed by atoms with Crippen molar-refractivity contribution < 1.29 is 24.2 Å². The lowest BCUT2D eigenvalue weighted by Gasteiger charge is -2.23. The molecule has 7 heteroatoms. The minimum Gasteiger partial charge on any atom is -0.507 e. The zero-order valence-corrected chi connectivity index (χ0v) is 16.2.